The summed E-state index contributed by atoms with van der Waals surface area (Å²) in [4.78, 5) is 10.2. The molecule has 4 heteroatoms. The van der Waals surface area contributed by atoms with Gasteiger partial charge in [-0.15, -0.1) is 0 Å². The van der Waals surface area contributed by atoms with Crippen molar-refractivity contribution in [2.24, 2.45) is 0 Å². The molecule has 0 aliphatic rings. The number of nitrogens with zero attached hydrogens (tertiary/aromatic N) is 4. The Morgan fingerprint density at radius 3 is 2.07 bits per heavy atom. The van der Waals surface area contributed by atoms with Crippen LogP contribution in [0.1, 0.15) is 0 Å². The third-order valence-corrected chi connectivity index (χ3v) is 9.83. The van der Waals surface area contributed by atoms with Gasteiger partial charge in [0.25, 0.3) is 0 Å². The van der Waals surface area contributed by atoms with Gasteiger partial charge >= 0.3 is 0 Å². The van der Waals surface area contributed by atoms with Gasteiger partial charge in [-0.05, 0) is 70.4 Å². The highest BCUT2D eigenvalue weighted by Crippen LogP contribution is 2.42. The highest BCUT2D eigenvalue weighted by molar-refractivity contribution is 6.25. The van der Waals surface area contributed by atoms with Crippen LogP contribution in [0.15, 0.2) is 146 Å². The number of benzene rings is 7. The van der Waals surface area contributed by atoms with E-state index in [4.69, 9.17) is 9.97 Å². The van der Waals surface area contributed by atoms with E-state index in [2.05, 4.69) is 130 Å². The molecule has 4 heterocycles. The molecule has 7 aromatic carbocycles. The summed E-state index contributed by atoms with van der Waals surface area (Å²) in [6.07, 6.45) is 0. The van der Waals surface area contributed by atoms with E-state index in [0.29, 0.717) is 0 Å². The van der Waals surface area contributed by atoms with Gasteiger partial charge in [0.2, 0.25) is 0 Å². The molecule has 0 atom stereocenters. The topological polar surface area (TPSA) is 35.1 Å². The largest absolute Gasteiger partial charge is 0.309 e. The minimum absolute atomic E-state index is 0.912. The van der Waals surface area contributed by atoms with Crippen LogP contribution in [0.5, 0.6) is 0 Å². The molecule has 11 rings (SSSR count). The predicted octanol–water partition coefficient (Wildman–Crippen LogP) is 10.7. The SMILES string of the molecule is c1ccc(-n2c3ccccc3c3c4cccc(-c5ccc6c(c5)c5cccc7c8nc9ccccc9nc8n6c57)c4ccc32)cc1. The first-order valence-electron chi connectivity index (χ1n) is 15.7. The molecule has 0 radical (unpaired) electrons. The Hall–Kier alpha value is -6.26. The average Bonchev–Trinajstić information content (AvgIpc) is 3.75. The maximum atomic E-state index is 5.12. The molecule has 212 valence electrons. The lowest BCUT2D eigenvalue weighted by Crippen LogP contribution is -1.93. The van der Waals surface area contributed by atoms with Crippen molar-refractivity contribution in [1.82, 2.24) is 18.9 Å². The molecule has 0 unspecified atom stereocenters. The lowest BCUT2D eigenvalue weighted by Gasteiger charge is -2.11. The molecule has 4 aromatic heterocycles. The number of aromatic nitrogens is 4. The van der Waals surface area contributed by atoms with Crippen molar-refractivity contribution in [3.63, 3.8) is 0 Å². The van der Waals surface area contributed by atoms with Crippen LogP contribution in [-0.2, 0) is 0 Å². The van der Waals surface area contributed by atoms with Crippen molar-refractivity contribution in [3.05, 3.63) is 146 Å². The van der Waals surface area contributed by atoms with Crippen LogP contribution in [0.3, 0.4) is 0 Å². The zero-order chi connectivity index (χ0) is 29.9. The number of hydrogen-bond donors (Lipinski definition) is 0. The van der Waals surface area contributed by atoms with Crippen molar-refractivity contribution >= 4 is 82.0 Å². The third kappa shape index (κ3) is 3.03. The van der Waals surface area contributed by atoms with Crippen LogP contribution in [0, 0.1) is 0 Å². The third-order valence-electron chi connectivity index (χ3n) is 9.83. The van der Waals surface area contributed by atoms with Gasteiger partial charge in [0.15, 0.2) is 5.65 Å². The van der Waals surface area contributed by atoms with Crippen LogP contribution in [-0.4, -0.2) is 18.9 Å². The van der Waals surface area contributed by atoms with Crippen molar-refractivity contribution < 1.29 is 0 Å². The highest BCUT2D eigenvalue weighted by Gasteiger charge is 2.21. The number of rotatable bonds is 2. The summed E-state index contributed by atoms with van der Waals surface area (Å²) in [7, 11) is 0. The fourth-order valence-electron chi connectivity index (χ4n) is 7.91. The highest BCUT2D eigenvalue weighted by atomic mass is 15.0. The predicted molar refractivity (Wildman–Crippen MR) is 191 cm³/mol. The molecule has 0 amide bonds. The van der Waals surface area contributed by atoms with Gasteiger partial charge in [-0.25, -0.2) is 9.97 Å². The fourth-order valence-corrected chi connectivity index (χ4v) is 7.91. The van der Waals surface area contributed by atoms with E-state index >= 15 is 0 Å². The lowest BCUT2D eigenvalue weighted by molar-refractivity contribution is 1.18. The van der Waals surface area contributed by atoms with Gasteiger partial charge in [0.05, 0.1) is 33.1 Å². The minimum atomic E-state index is 0.912. The van der Waals surface area contributed by atoms with Crippen LogP contribution >= 0.6 is 0 Å². The van der Waals surface area contributed by atoms with Crippen LogP contribution in [0.4, 0.5) is 0 Å². The molecule has 11 aromatic rings. The molecule has 0 aliphatic heterocycles. The standard InChI is InChI=1S/C42H24N4/c1-2-10-26(11-3-1)45-36-19-7-4-12-31(36)39-29-14-8-13-27(28(29)21-23-38(39)45)25-20-22-37-33(24-25)30-15-9-16-32-40-42(46(37)41(30)32)44-35-18-6-5-17-34(35)43-40/h1-24H. The van der Waals surface area contributed by atoms with Gasteiger partial charge in [0.1, 0.15) is 5.52 Å². The first-order chi connectivity index (χ1) is 22.8. The van der Waals surface area contributed by atoms with Crippen LogP contribution < -0.4 is 0 Å². The van der Waals surface area contributed by atoms with Gasteiger partial charge in [-0.2, -0.15) is 0 Å². The molecule has 46 heavy (non-hydrogen) atoms. The fraction of sp³-hybridized carbons (Fsp3) is 0. The normalized spacial score (nSPS) is 12.3. The van der Waals surface area contributed by atoms with E-state index in [1.807, 2.05) is 24.3 Å². The Bertz CT molecular complexity index is 3020. The summed E-state index contributed by atoms with van der Waals surface area (Å²) in [5.41, 5.74) is 12.1. The van der Waals surface area contributed by atoms with E-state index in [0.717, 1.165) is 33.1 Å². The maximum Gasteiger partial charge on any atom is 0.165 e. The van der Waals surface area contributed by atoms with E-state index in [1.54, 1.807) is 0 Å². The zero-order valence-electron chi connectivity index (χ0n) is 24.6. The first-order valence-corrected chi connectivity index (χ1v) is 15.7. The Kier molecular flexibility index (Phi) is 4.55. The molecule has 0 N–H and O–H groups in total. The molecular formula is C42H24N4. The molecule has 0 saturated carbocycles. The van der Waals surface area contributed by atoms with Crippen molar-refractivity contribution in [3.8, 4) is 16.8 Å². The quantitative estimate of drug-likeness (QED) is 0.203. The summed E-state index contributed by atoms with van der Waals surface area (Å²) in [6, 6.07) is 52.3. The summed E-state index contributed by atoms with van der Waals surface area (Å²) in [5, 5.41) is 8.68. The Balaban J connectivity index is 1.19. The van der Waals surface area contributed by atoms with Crippen LogP contribution in [0.25, 0.3) is 98.8 Å². The van der Waals surface area contributed by atoms with E-state index < -0.39 is 0 Å². The second-order valence-corrected chi connectivity index (χ2v) is 12.2. The Morgan fingerprint density at radius 2 is 1.15 bits per heavy atom. The summed E-state index contributed by atoms with van der Waals surface area (Å²) < 4.78 is 4.70. The molecule has 0 fully saturated rings. The summed E-state index contributed by atoms with van der Waals surface area (Å²) >= 11 is 0. The van der Waals surface area contributed by atoms with Gasteiger partial charge in [0, 0.05) is 32.6 Å². The Morgan fingerprint density at radius 1 is 0.435 bits per heavy atom. The molecule has 0 bridgehead atoms. The summed E-state index contributed by atoms with van der Waals surface area (Å²) in [6.45, 7) is 0. The van der Waals surface area contributed by atoms with Crippen molar-refractivity contribution in [2.45, 2.75) is 0 Å². The van der Waals surface area contributed by atoms with Gasteiger partial charge in [-0.3, -0.25) is 4.40 Å². The zero-order valence-corrected chi connectivity index (χ0v) is 24.6. The molecule has 0 aliphatic carbocycles. The molecule has 0 spiro atoms. The van der Waals surface area contributed by atoms with E-state index in [-0.39, 0.29) is 0 Å². The minimum Gasteiger partial charge on any atom is -0.309 e. The van der Waals surface area contributed by atoms with Gasteiger partial charge < -0.3 is 4.57 Å². The number of fused-ring (bicyclic) bond motifs is 12. The second-order valence-electron chi connectivity index (χ2n) is 12.2. The summed E-state index contributed by atoms with van der Waals surface area (Å²) in [5.74, 6) is 0. The molecular weight excluding hydrogens is 560 g/mol. The van der Waals surface area contributed by atoms with E-state index in [9.17, 15) is 0 Å². The van der Waals surface area contributed by atoms with Crippen molar-refractivity contribution in [1.29, 1.82) is 0 Å². The molecule has 0 saturated heterocycles. The smallest absolute Gasteiger partial charge is 0.165 e. The number of hydrogen-bond acceptors (Lipinski definition) is 2. The molecule has 4 nitrogen and oxygen atoms in total. The van der Waals surface area contributed by atoms with Crippen LogP contribution in [0.2, 0.25) is 0 Å². The Labute approximate surface area is 262 Å². The second kappa shape index (κ2) is 8.68. The average molecular weight is 585 g/mol. The number of para-hydroxylation sites is 5. The monoisotopic (exact) mass is 584 g/mol. The van der Waals surface area contributed by atoms with Crippen molar-refractivity contribution in [2.75, 3.05) is 0 Å². The first kappa shape index (κ1) is 24.1. The maximum absolute atomic E-state index is 5.12. The van der Waals surface area contributed by atoms with Gasteiger partial charge in [-0.1, -0.05) is 97.1 Å². The lowest BCUT2D eigenvalue weighted by atomic mass is 9.94. The van der Waals surface area contributed by atoms with E-state index in [1.165, 1.54) is 65.7 Å².